The van der Waals surface area contributed by atoms with Gasteiger partial charge in [0.05, 0.1) is 0 Å². The smallest absolute Gasteiger partial charge is 0.324 e. The molecular formula is C15H23NO3. The molecule has 2 unspecified atom stereocenters. The Labute approximate surface area is 114 Å². The molecule has 19 heavy (non-hydrogen) atoms. The van der Waals surface area contributed by atoms with Gasteiger partial charge in [0.1, 0.15) is 17.1 Å². The lowest BCUT2D eigenvalue weighted by Gasteiger charge is -2.38. The number of aryl methyl sites for hydroxylation is 2. The predicted octanol–water partition coefficient (Wildman–Crippen LogP) is 3.29. The molecule has 4 heteroatoms. The molecule has 0 spiro atoms. The molecule has 106 valence electrons. The largest absolute Gasteiger partial charge is 0.480 e. The Balaban J connectivity index is 2.35. The molecule has 1 fully saturated rings. The van der Waals surface area contributed by atoms with Crippen LogP contribution in [0.1, 0.15) is 56.2 Å². The van der Waals surface area contributed by atoms with Crippen LogP contribution in [-0.2, 0) is 4.79 Å². The highest BCUT2D eigenvalue weighted by atomic mass is 16.4. The number of likely N-dealkylation sites (tertiary alicyclic amines) is 1. The van der Waals surface area contributed by atoms with Gasteiger partial charge in [-0.3, -0.25) is 9.69 Å². The quantitative estimate of drug-likeness (QED) is 0.907. The molecule has 1 aromatic rings. The molecule has 2 atom stereocenters. The first-order chi connectivity index (χ1) is 8.92. The minimum atomic E-state index is -0.711. The third-order valence-corrected chi connectivity index (χ3v) is 4.52. The van der Waals surface area contributed by atoms with Crippen LogP contribution in [0.15, 0.2) is 10.5 Å². The van der Waals surface area contributed by atoms with Crippen molar-refractivity contribution in [1.29, 1.82) is 0 Å². The van der Waals surface area contributed by atoms with Crippen molar-refractivity contribution >= 4 is 5.97 Å². The summed E-state index contributed by atoms with van der Waals surface area (Å²) in [5.41, 5.74) is 0.398. The lowest BCUT2D eigenvalue weighted by Crippen LogP contribution is -2.50. The molecule has 2 heterocycles. The molecule has 1 saturated heterocycles. The SMILES string of the molecule is CCC1(C(=O)O)CCCN1C(C)c1cc(C)oc1C. The van der Waals surface area contributed by atoms with Gasteiger partial charge in [0.15, 0.2) is 0 Å². The van der Waals surface area contributed by atoms with E-state index in [0.717, 1.165) is 36.5 Å². The molecule has 0 bridgehead atoms. The van der Waals surface area contributed by atoms with E-state index in [0.29, 0.717) is 6.42 Å². The summed E-state index contributed by atoms with van der Waals surface area (Å²) in [7, 11) is 0. The third-order valence-electron chi connectivity index (χ3n) is 4.52. The van der Waals surface area contributed by atoms with Crippen molar-refractivity contribution in [2.75, 3.05) is 6.54 Å². The lowest BCUT2D eigenvalue weighted by molar-refractivity contribution is -0.151. The predicted molar refractivity (Wildman–Crippen MR) is 73.2 cm³/mol. The Morgan fingerprint density at radius 2 is 2.26 bits per heavy atom. The number of carboxylic acids is 1. The molecular weight excluding hydrogens is 242 g/mol. The third kappa shape index (κ3) is 2.18. The van der Waals surface area contributed by atoms with E-state index in [9.17, 15) is 9.90 Å². The Bertz CT molecular complexity index is 480. The van der Waals surface area contributed by atoms with Crippen molar-refractivity contribution in [3.63, 3.8) is 0 Å². The van der Waals surface area contributed by atoms with Crippen LogP contribution in [-0.4, -0.2) is 28.1 Å². The summed E-state index contributed by atoms with van der Waals surface area (Å²) in [5.74, 6) is 1.08. The van der Waals surface area contributed by atoms with Gasteiger partial charge in [0, 0.05) is 11.6 Å². The summed E-state index contributed by atoms with van der Waals surface area (Å²) in [5, 5.41) is 9.64. The van der Waals surface area contributed by atoms with Crippen LogP contribution in [0.4, 0.5) is 0 Å². The number of nitrogens with zero attached hydrogens (tertiary/aromatic N) is 1. The van der Waals surface area contributed by atoms with Crippen LogP contribution in [0.25, 0.3) is 0 Å². The van der Waals surface area contributed by atoms with E-state index in [1.54, 1.807) is 0 Å². The molecule has 0 radical (unpaired) electrons. The van der Waals surface area contributed by atoms with Gasteiger partial charge in [-0.25, -0.2) is 0 Å². The summed E-state index contributed by atoms with van der Waals surface area (Å²) in [6.07, 6.45) is 2.32. The monoisotopic (exact) mass is 265 g/mol. The molecule has 0 aromatic carbocycles. The Morgan fingerprint density at radius 3 is 2.74 bits per heavy atom. The van der Waals surface area contributed by atoms with Crippen LogP contribution in [0, 0.1) is 13.8 Å². The highest BCUT2D eigenvalue weighted by Crippen LogP contribution is 2.40. The van der Waals surface area contributed by atoms with E-state index in [4.69, 9.17) is 4.42 Å². The second-order valence-electron chi connectivity index (χ2n) is 5.53. The first-order valence-electron chi connectivity index (χ1n) is 6.99. The summed E-state index contributed by atoms with van der Waals surface area (Å²) < 4.78 is 5.58. The topological polar surface area (TPSA) is 53.7 Å². The van der Waals surface area contributed by atoms with Gasteiger partial charge in [-0.1, -0.05) is 6.92 Å². The summed E-state index contributed by atoms with van der Waals surface area (Å²) in [6.45, 7) is 8.76. The zero-order valence-electron chi connectivity index (χ0n) is 12.2. The molecule has 0 aliphatic carbocycles. The minimum absolute atomic E-state index is 0.0796. The standard InChI is InChI=1S/C15H23NO3/c1-5-15(14(17)18)7-6-8-16(15)11(3)13-9-10(2)19-12(13)4/h9,11H,5-8H2,1-4H3,(H,17,18). The van der Waals surface area contributed by atoms with Crippen molar-refractivity contribution < 1.29 is 14.3 Å². The van der Waals surface area contributed by atoms with Crippen LogP contribution in [0.2, 0.25) is 0 Å². The number of furan rings is 1. The molecule has 4 nitrogen and oxygen atoms in total. The van der Waals surface area contributed by atoms with Gasteiger partial charge in [-0.15, -0.1) is 0 Å². The highest BCUT2D eigenvalue weighted by Gasteiger charge is 2.48. The fraction of sp³-hybridized carbons (Fsp3) is 0.667. The second-order valence-corrected chi connectivity index (χ2v) is 5.53. The van der Waals surface area contributed by atoms with Gasteiger partial charge in [0.25, 0.3) is 0 Å². The van der Waals surface area contributed by atoms with Crippen LogP contribution < -0.4 is 0 Å². The average molecular weight is 265 g/mol. The van der Waals surface area contributed by atoms with E-state index in [-0.39, 0.29) is 6.04 Å². The zero-order chi connectivity index (χ0) is 14.2. The molecule has 0 amide bonds. The van der Waals surface area contributed by atoms with Crippen molar-refractivity contribution in [2.24, 2.45) is 0 Å². The first kappa shape index (κ1) is 14.1. The first-order valence-corrected chi connectivity index (χ1v) is 6.99. The van der Waals surface area contributed by atoms with Crippen LogP contribution >= 0.6 is 0 Å². The normalized spacial score (nSPS) is 25.7. The van der Waals surface area contributed by atoms with Crippen LogP contribution in [0.5, 0.6) is 0 Å². The van der Waals surface area contributed by atoms with Gasteiger partial charge in [-0.05, 0) is 52.6 Å². The van der Waals surface area contributed by atoms with E-state index < -0.39 is 11.5 Å². The van der Waals surface area contributed by atoms with Gasteiger partial charge in [0.2, 0.25) is 0 Å². The number of rotatable bonds is 4. The molecule has 1 N–H and O–H groups in total. The summed E-state index contributed by atoms with van der Waals surface area (Å²) in [6, 6.07) is 2.11. The summed E-state index contributed by atoms with van der Waals surface area (Å²) >= 11 is 0. The van der Waals surface area contributed by atoms with Crippen molar-refractivity contribution in [3.05, 3.63) is 23.2 Å². The number of aliphatic carboxylic acids is 1. The fourth-order valence-corrected chi connectivity index (χ4v) is 3.46. The maximum absolute atomic E-state index is 11.7. The molecule has 1 aliphatic heterocycles. The number of carbonyl (C=O) groups is 1. The highest BCUT2D eigenvalue weighted by molar-refractivity contribution is 5.79. The van der Waals surface area contributed by atoms with Crippen molar-refractivity contribution in [3.8, 4) is 0 Å². The minimum Gasteiger partial charge on any atom is -0.480 e. The molecule has 0 saturated carbocycles. The van der Waals surface area contributed by atoms with E-state index in [1.807, 2.05) is 26.8 Å². The maximum Gasteiger partial charge on any atom is 0.324 e. The summed E-state index contributed by atoms with van der Waals surface area (Å²) in [4.78, 5) is 13.9. The van der Waals surface area contributed by atoms with E-state index >= 15 is 0 Å². The molecule has 1 aliphatic rings. The van der Waals surface area contributed by atoms with Gasteiger partial charge < -0.3 is 9.52 Å². The Morgan fingerprint density at radius 1 is 1.58 bits per heavy atom. The average Bonchev–Trinajstić information content (AvgIpc) is 2.92. The van der Waals surface area contributed by atoms with Gasteiger partial charge >= 0.3 is 5.97 Å². The van der Waals surface area contributed by atoms with E-state index in [1.165, 1.54) is 0 Å². The van der Waals surface area contributed by atoms with Crippen molar-refractivity contribution in [2.45, 2.75) is 58.5 Å². The lowest BCUT2D eigenvalue weighted by atomic mass is 9.91. The Kier molecular flexibility index (Phi) is 3.72. The fourth-order valence-electron chi connectivity index (χ4n) is 3.46. The number of hydrogen-bond donors (Lipinski definition) is 1. The molecule has 2 rings (SSSR count). The van der Waals surface area contributed by atoms with Crippen molar-refractivity contribution in [1.82, 2.24) is 4.90 Å². The van der Waals surface area contributed by atoms with Gasteiger partial charge in [-0.2, -0.15) is 0 Å². The second kappa shape index (κ2) is 5.00. The zero-order valence-corrected chi connectivity index (χ0v) is 12.2. The van der Waals surface area contributed by atoms with Crippen LogP contribution in [0.3, 0.4) is 0 Å². The molecule has 1 aromatic heterocycles. The maximum atomic E-state index is 11.7. The van der Waals surface area contributed by atoms with E-state index in [2.05, 4.69) is 11.8 Å². The number of carboxylic acid groups (broad SMARTS) is 1. The Hall–Kier alpha value is -1.29. The number of hydrogen-bond acceptors (Lipinski definition) is 3.